The third kappa shape index (κ3) is 3.56. The minimum absolute atomic E-state index is 0.00831. The monoisotopic (exact) mass is 264 g/mol. The lowest BCUT2D eigenvalue weighted by Crippen LogP contribution is -2.36. The molecule has 17 heavy (non-hydrogen) atoms. The number of carbonyl (C=O) groups is 1. The van der Waals surface area contributed by atoms with Gasteiger partial charge in [0, 0.05) is 0 Å². The van der Waals surface area contributed by atoms with Crippen LogP contribution in [0.4, 0.5) is 8.78 Å². The second-order valence-corrected chi connectivity index (χ2v) is 3.68. The van der Waals surface area contributed by atoms with Gasteiger partial charge in [-0.05, 0) is 31.5 Å². The largest absolute Gasteiger partial charge is 0.502 e. The van der Waals surface area contributed by atoms with Gasteiger partial charge in [-0.1, -0.05) is 17.7 Å². The Morgan fingerprint density at radius 2 is 2.12 bits per heavy atom. The van der Waals surface area contributed by atoms with Gasteiger partial charge in [0.25, 0.3) is 0 Å². The minimum atomic E-state index is -4.05. The molecule has 0 heterocycles. The molecule has 1 rings (SSSR count). The van der Waals surface area contributed by atoms with Gasteiger partial charge in [-0.25, -0.2) is 4.79 Å². The number of ether oxygens (including phenoxy) is 2. The summed E-state index contributed by atoms with van der Waals surface area (Å²) in [4.78, 5) is 10.9. The summed E-state index contributed by atoms with van der Waals surface area (Å²) in [5.74, 6) is -2.01. The number of aryl methyl sites for hydroxylation is 1. The van der Waals surface area contributed by atoms with E-state index in [4.69, 9.17) is 11.6 Å². The van der Waals surface area contributed by atoms with E-state index in [2.05, 4.69) is 9.47 Å². The first kappa shape index (κ1) is 13.7. The fourth-order valence-electron chi connectivity index (χ4n) is 1.08. The molecule has 94 valence electrons. The molecular formula is C11H11ClF2O3. The summed E-state index contributed by atoms with van der Waals surface area (Å²) in [6.07, 6.45) is -4.05. The average Bonchev–Trinajstić information content (AvgIpc) is 2.22. The third-order valence-corrected chi connectivity index (χ3v) is 2.13. The molecule has 0 saturated carbocycles. The molecule has 0 atom stereocenters. The number of hydrogen-bond donors (Lipinski definition) is 0. The summed E-state index contributed by atoms with van der Waals surface area (Å²) >= 11 is 5.71. The molecule has 0 bridgehead atoms. The van der Waals surface area contributed by atoms with E-state index in [0.29, 0.717) is 0 Å². The van der Waals surface area contributed by atoms with Crippen LogP contribution in [0.25, 0.3) is 0 Å². The smallest absolute Gasteiger partial charge is 0.459 e. The molecular weight excluding hydrogens is 254 g/mol. The molecule has 0 aliphatic heterocycles. The molecule has 6 heteroatoms. The van der Waals surface area contributed by atoms with Gasteiger partial charge in [0.05, 0.1) is 11.6 Å². The molecule has 0 spiro atoms. The summed E-state index contributed by atoms with van der Waals surface area (Å²) in [6.45, 7) is 3.02. The van der Waals surface area contributed by atoms with E-state index in [-0.39, 0.29) is 17.4 Å². The van der Waals surface area contributed by atoms with Gasteiger partial charge in [-0.3, -0.25) is 0 Å². The minimum Gasteiger partial charge on any atom is -0.459 e. The highest BCUT2D eigenvalue weighted by Gasteiger charge is 2.44. The van der Waals surface area contributed by atoms with Crippen molar-refractivity contribution in [2.75, 3.05) is 6.61 Å². The van der Waals surface area contributed by atoms with E-state index in [1.165, 1.54) is 19.1 Å². The molecule has 1 aromatic rings. The topological polar surface area (TPSA) is 35.5 Å². The molecule has 0 N–H and O–H groups in total. The number of halogens is 3. The van der Waals surface area contributed by atoms with Crippen molar-refractivity contribution < 1.29 is 23.0 Å². The van der Waals surface area contributed by atoms with Gasteiger partial charge in [0.2, 0.25) is 0 Å². The number of hydrogen-bond acceptors (Lipinski definition) is 3. The van der Waals surface area contributed by atoms with Crippen molar-refractivity contribution in [2.24, 2.45) is 0 Å². The first-order valence-electron chi connectivity index (χ1n) is 4.87. The Labute approximate surface area is 102 Å². The van der Waals surface area contributed by atoms with E-state index in [1.54, 1.807) is 13.0 Å². The predicted molar refractivity (Wildman–Crippen MR) is 58.4 cm³/mol. The van der Waals surface area contributed by atoms with Crippen LogP contribution in [0, 0.1) is 6.92 Å². The lowest BCUT2D eigenvalue weighted by molar-refractivity contribution is -0.216. The SMILES string of the molecule is CCOC(=O)C(F)(F)Oc1ccc(C)cc1Cl. The predicted octanol–water partition coefficient (Wildman–Crippen LogP) is 3.18. The Morgan fingerprint density at radius 3 is 2.65 bits per heavy atom. The van der Waals surface area contributed by atoms with Crippen molar-refractivity contribution in [3.05, 3.63) is 28.8 Å². The molecule has 0 aliphatic rings. The van der Waals surface area contributed by atoms with Crippen molar-refractivity contribution in [2.45, 2.75) is 20.0 Å². The van der Waals surface area contributed by atoms with Crippen molar-refractivity contribution in [3.63, 3.8) is 0 Å². The van der Waals surface area contributed by atoms with Crippen molar-refractivity contribution in [1.29, 1.82) is 0 Å². The number of benzene rings is 1. The zero-order chi connectivity index (χ0) is 13.1. The highest BCUT2D eigenvalue weighted by atomic mass is 35.5. The Kier molecular flexibility index (Phi) is 4.28. The lowest BCUT2D eigenvalue weighted by atomic mass is 10.2. The Bertz CT molecular complexity index is 421. The average molecular weight is 265 g/mol. The van der Waals surface area contributed by atoms with Crippen LogP contribution in [0.15, 0.2) is 18.2 Å². The second-order valence-electron chi connectivity index (χ2n) is 3.27. The Balaban J connectivity index is 2.86. The van der Waals surface area contributed by atoms with Crippen LogP contribution in [0.5, 0.6) is 5.75 Å². The molecule has 0 aliphatic carbocycles. The molecule has 0 amide bonds. The summed E-state index contributed by atoms with van der Waals surface area (Å²) in [6, 6.07) is 4.27. The zero-order valence-electron chi connectivity index (χ0n) is 9.30. The first-order chi connectivity index (χ1) is 7.86. The molecule has 0 fully saturated rings. The van der Waals surface area contributed by atoms with Gasteiger partial charge < -0.3 is 9.47 Å². The fraction of sp³-hybridized carbons (Fsp3) is 0.364. The maximum Gasteiger partial charge on any atom is 0.502 e. The normalized spacial score (nSPS) is 11.1. The maximum absolute atomic E-state index is 13.2. The molecule has 0 radical (unpaired) electrons. The molecule has 0 saturated heterocycles. The highest BCUT2D eigenvalue weighted by Crippen LogP contribution is 2.30. The molecule has 0 unspecified atom stereocenters. The summed E-state index contributed by atoms with van der Waals surface area (Å²) in [5, 5.41) is 0.00831. The zero-order valence-corrected chi connectivity index (χ0v) is 10.1. The van der Waals surface area contributed by atoms with Crippen LogP contribution in [-0.4, -0.2) is 18.7 Å². The van der Waals surface area contributed by atoms with Crippen LogP contribution in [-0.2, 0) is 9.53 Å². The van der Waals surface area contributed by atoms with E-state index < -0.39 is 12.1 Å². The Morgan fingerprint density at radius 1 is 1.47 bits per heavy atom. The van der Waals surface area contributed by atoms with Crippen LogP contribution in [0.1, 0.15) is 12.5 Å². The fourth-order valence-corrected chi connectivity index (χ4v) is 1.36. The van der Waals surface area contributed by atoms with E-state index in [0.717, 1.165) is 5.56 Å². The first-order valence-corrected chi connectivity index (χ1v) is 5.25. The summed E-state index contributed by atoms with van der Waals surface area (Å²) in [5.41, 5.74) is 0.793. The third-order valence-electron chi connectivity index (χ3n) is 1.84. The molecule has 0 aromatic heterocycles. The maximum atomic E-state index is 13.2. The van der Waals surface area contributed by atoms with Gasteiger partial charge in [0.15, 0.2) is 0 Å². The number of carbonyl (C=O) groups excluding carboxylic acids is 1. The van der Waals surface area contributed by atoms with Crippen molar-refractivity contribution >= 4 is 17.6 Å². The van der Waals surface area contributed by atoms with Gasteiger partial charge in [0.1, 0.15) is 5.75 Å². The number of esters is 1. The number of rotatable bonds is 4. The second kappa shape index (κ2) is 5.31. The van der Waals surface area contributed by atoms with Gasteiger partial charge >= 0.3 is 12.1 Å². The van der Waals surface area contributed by atoms with Crippen molar-refractivity contribution in [3.8, 4) is 5.75 Å². The van der Waals surface area contributed by atoms with Gasteiger partial charge in [-0.15, -0.1) is 0 Å². The van der Waals surface area contributed by atoms with E-state index >= 15 is 0 Å². The van der Waals surface area contributed by atoms with Crippen LogP contribution >= 0.6 is 11.6 Å². The Hall–Kier alpha value is -1.36. The quantitative estimate of drug-likeness (QED) is 0.784. The summed E-state index contributed by atoms with van der Waals surface area (Å²) in [7, 11) is 0. The number of alkyl halides is 2. The van der Waals surface area contributed by atoms with Gasteiger partial charge in [-0.2, -0.15) is 8.78 Å². The highest BCUT2D eigenvalue weighted by molar-refractivity contribution is 6.32. The molecule has 3 nitrogen and oxygen atoms in total. The summed E-state index contributed by atoms with van der Waals surface area (Å²) < 4.78 is 34.9. The van der Waals surface area contributed by atoms with Crippen LogP contribution < -0.4 is 4.74 Å². The standard InChI is InChI=1S/C11H11ClF2O3/c1-3-16-10(15)11(13,14)17-9-5-4-7(2)6-8(9)12/h4-6H,3H2,1-2H3. The van der Waals surface area contributed by atoms with E-state index in [9.17, 15) is 13.6 Å². The van der Waals surface area contributed by atoms with Crippen LogP contribution in [0.2, 0.25) is 5.02 Å². The van der Waals surface area contributed by atoms with E-state index in [1.807, 2.05) is 0 Å². The van der Waals surface area contributed by atoms with Crippen LogP contribution in [0.3, 0.4) is 0 Å². The molecule has 1 aromatic carbocycles. The lowest BCUT2D eigenvalue weighted by Gasteiger charge is -2.16. The van der Waals surface area contributed by atoms with Crippen molar-refractivity contribution in [1.82, 2.24) is 0 Å².